The van der Waals surface area contributed by atoms with Crippen LogP contribution >= 0.6 is 0 Å². The van der Waals surface area contributed by atoms with Gasteiger partial charge in [0.2, 0.25) is 5.91 Å². The summed E-state index contributed by atoms with van der Waals surface area (Å²) in [6.45, 7) is 4.98. The highest BCUT2D eigenvalue weighted by Gasteiger charge is 2.17. The summed E-state index contributed by atoms with van der Waals surface area (Å²) >= 11 is 0. The second-order valence-corrected chi connectivity index (χ2v) is 4.52. The van der Waals surface area contributed by atoms with Gasteiger partial charge in [0.15, 0.2) is 0 Å². The summed E-state index contributed by atoms with van der Waals surface area (Å²) < 4.78 is 10.6. The average Bonchev–Trinajstić information content (AvgIpc) is 2.33. The van der Waals surface area contributed by atoms with Crippen molar-refractivity contribution >= 4 is 5.91 Å². The van der Waals surface area contributed by atoms with E-state index in [1.807, 2.05) is 38.1 Å². The maximum absolute atomic E-state index is 11.5. The largest absolute Gasteiger partial charge is 0.491 e. The van der Waals surface area contributed by atoms with Crippen LogP contribution in [0.5, 0.6) is 5.75 Å². The average molecular weight is 266 g/mol. The summed E-state index contributed by atoms with van der Waals surface area (Å²) in [5, 5.41) is 3.06. The van der Waals surface area contributed by atoms with Crippen LogP contribution in [-0.4, -0.2) is 32.3 Å². The van der Waals surface area contributed by atoms with Gasteiger partial charge in [-0.25, -0.2) is 0 Å². The molecule has 0 aliphatic heterocycles. The van der Waals surface area contributed by atoms with Crippen molar-refractivity contribution in [1.29, 1.82) is 0 Å². The first-order valence-corrected chi connectivity index (χ1v) is 6.33. The molecule has 1 rings (SSSR count). The van der Waals surface area contributed by atoms with Crippen LogP contribution < -0.4 is 15.8 Å². The number of nitrogens with one attached hydrogen (secondary N) is 1. The van der Waals surface area contributed by atoms with Gasteiger partial charge in [-0.2, -0.15) is 0 Å². The molecule has 0 aliphatic carbocycles. The third-order valence-electron chi connectivity index (χ3n) is 2.50. The van der Waals surface area contributed by atoms with Crippen LogP contribution in [0, 0.1) is 0 Å². The van der Waals surface area contributed by atoms with Gasteiger partial charge < -0.3 is 15.2 Å². The second kappa shape index (κ2) is 7.76. The Morgan fingerprint density at radius 2 is 2.16 bits per heavy atom. The summed E-state index contributed by atoms with van der Waals surface area (Å²) in [5.74, 6) is 0.310. The molecule has 0 saturated carbocycles. The molecule has 1 unspecified atom stereocenters. The summed E-state index contributed by atoms with van der Waals surface area (Å²) in [7, 11) is 1.61. The van der Waals surface area contributed by atoms with Gasteiger partial charge in [0.05, 0.1) is 12.7 Å². The Labute approximate surface area is 114 Å². The molecule has 0 radical (unpaired) electrons. The maximum atomic E-state index is 11.5. The molecule has 0 heterocycles. The fraction of sp³-hybridized carbons (Fsp3) is 0.500. The predicted octanol–water partition coefficient (Wildman–Crippen LogP) is 1.24. The van der Waals surface area contributed by atoms with Crippen LogP contribution in [0.25, 0.3) is 0 Å². The van der Waals surface area contributed by atoms with E-state index in [9.17, 15) is 4.79 Å². The monoisotopic (exact) mass is 266 g/mol. The van der Waals surface area contributed by atoms with Crippen molar-refractivity contribution in [2.45, 2.75) is 26.0 Å². The van der Waals surface area contributed by atoms with E-state index < -0.39 is 11.9 Å². The number of carbonyl (C=O) groups excluding carboxylic acids is 1. The van der Waals surface area contributed by atoms with E-state index in [0.29, 0.717) is 13.2 Å². The Hall–Kier alpha value is -1.59. The van der Waals surface area contributed by atoms with Crippen LogP contribution in [0.3, 0.4) is 0 Å². The smallest absolute Gasteiger partial charge is 0.239 e. The summed E-state index contributed by atoms with van der Waals surface area (Å²) in [6, 6.07) is 6.85. The first-order valence-electron chi connectivity index (χ1n) is 6.33. The van der Waals surface area contributed by atoms with E-state index in [0.717, 1.165) is 11.3 Å². The molecule has 0 aliphatic rings. The SMILES string of the molecule is COCCNC(C(N)=O)c1cccc(OC(C)C)c1. The van der Waals surface area contributed by atoms with Gasteiger partial charge in [0, 0.05) is 13.7 Å². The molecule has 106 valence electrons. The fourth-order valence-electron chi connectivity index (χ4n) is 1.73. The molecule has 5 heteroatoms. The molecule has 0 spiro atoms. The molecule has 1 amide bonds. The number of nitrogens with two attached hydrogens (primary N) is 1. The fourth-order valence-corrected chi connectivity index (χ4v) is 1.73. The van der Waals surface area contributed by atoms with Gasteiger partial charge in [0.1, 0.15) is 11.8 Å². The lowest BCUT2D eigenvalue weighted by Gasteiger charge is -2.17. The van der Waals surface area contributed by atoms with Gasteiger partial charge in [-0.1, -0.05) is 12.1 Å². The normalized spacial score (nSPS) is 12.4. The zero-order chi connectivity index (χ0) is 14.3. The molecular weight excluding hydrogens is 244 g/mol. The van der Waals surface area contributed by atoms with E-state index in [-0.39, 0.29) is 6.10 Å². The quantitative estimate of drug-likeness (QED) is 0.694. The lowest BCUT2D eigenvalue weighted by atomic mass is 10.1. The lowest BCUT2D eigenvalue weighted by molar-refractivity contribution is -0.120. The molecule has 0 bridgehead atoms. The lowest BCUT2D eigenvalue weighted by Crippen LogP contribution is -2.35. The van der Waals surface area contributed by atoms with Gasteiger partial charge in [0.25, 0.3) is 0 Å². The zero-order valence-corrected chi connectivity index (χ0v) is 11.7. The highest BCUT2D eigenvalue weighted by Crippen LogP contribution is 2.20. The van der Waals surface area contributed by atoms with Crippen LogP contribution in [0.2, 0.25) is 0 Å². The Balaban J connectivity index is 2.80. The van der Waals surface area contributed by atoms with Crippen molar-refractivity contribution in [3.63, 3.8) is 0 Å². The molecule has 3 N–H and O–H groups in total. The van der Waals surface area contributed by atoms with Crippen LogP contribution in [0.15, 0.2) is 24.3 Å². The molecule has 0 aromatic heterocycles. The minimum absolute atomic E-state index is 0.0868. The Kier molecular flexibility index (Phi) is 6.32. The topological polar surface area (TPSA) is 73.6 Å². The van der Waals surface area contributed by atoms with E-state index in [1.165, 1.54) is 0 Å². The first kappa shape index (κ1) is 15.5. The summed E-state index contributed by atoms with van der Waals surface area (Å²) in [5.41, 5.74) is 6.21. The summed E-state index contributed by atoms with van der Waals surface area (Å²) in [6.07, 6.45) is 0.0868. The third kappa shape index (κ3) is 5.28. The van der Waals surface area contributed by atoms with E-state index in [2.05, 4.69) is 5.32 Å². The third-order valence-corrected chi connectivity index (χ3v) is 2.50. The summed E-state index contributed by atoms with van der Waals surface area (Å²) in [4.78, 5) is 11.5. The Morgan fingerprint density at radius 1 is 1.42 bits per heavy atom. The second-order valence-electron chi connectivity index (χ2n) is 4.52. The molecule has 19 heavy (non-hydrogen) atoms. The minimum atomic E-state index is -0.536. The molecule has 1 aromatic rings. The maximum Gasteiger partial charge on any atom is 0.239 e. The van der Waals surface area contributed by atoms with Crippen LogP contribution in [0.4, 0.5) is 0 Å². The molecule has 1 aromatic carbocycles. The number of benzene rings is 1. The van der Waals surface area contributed by atoms with Crippen molar-refractivity contribution in [1.82, 2.24) is 5.32 Å². The van der Waals surface area contributed by atoms with E-state index >= 15 is 0 Å². The van der Waals surface area contributed by atoms with Crippen molar-refractivity contribution in [2.24, 2.45) is 5.73 Å². The predicted molar refractivity (Wildman–Crippen MR) is 74.0 cm³/mol. The van der Waals surface area contributed by atoms with Gasteiger partial charge >= 0.3 is 0 Å². The van der Waals surface area contributed by atoms with Gasteiger partial charge in [-0.3, -0.25) is 10.1 Å². The first-order chi connectivity index (χ1) is 9.04. The minimum Gasteiger partial charge on any atom is -0.491 e. The van der Waals surface area contributed by atoms with Gasteiger partial charge in [-0.15, -0.1) is 0 Å². The van der Waals surface area contributed by atoms with Crippen molar-refractivity contribution in [3.05, 3.63) is 29.8 Å². The van der Waals surface area contributed by atoms with E-state index in [4.69, 9.17) is 15.2 Å². The van der Waals surface area contributed by atoms with E-state index in [1.54, 1.807) is 7.11 Å². The molecular formula is C14H22N2O3. The Bertz CT molecular complexity index is 407. The van der Waals surface area contributed by atoms with Crippen molar-refractivity contribution < 1.29 is 14.3 Å². The highest BCUT2D eigenvalue weighted by atomic mass is 16.5. The van der Waals surface area contributed by atoms with Crippen molar-refractivity contribution in [3.8, 4) is 5.75 Å². The number of methoxy groups -OCH3 is 1. The molecule has 0 fully saturated rings. The highest BCUT2D eigenvalue weighted by molar-refractivity contribution is 5.81. The van der Waals surface area contributed by atoms with Gasteiger partial charge in [-0.05, 0) is 31.5 Å². The van der Waals surface area contributed by atoms with Crippen LogP contribution in [0.1, 0.15) is 25.5 Å². The number of rotatable bonds is 8. The molecule has 1 atom stereocenters. The number of ether oxygens (including phenoxy) is 2. The number of amides is 1. The Morgan fingerprint density at radius 3 is 2.74 bits per heavy atom. The molecule has 5 nitrogen and oxygen atoms in total. The zero-order valence-electron chi connectivity index (χ0n) is 11.7. The number of hydrogen-bond donors (Lipinski definition) is 2. The number of carbonyl (C=O) groups is 1. The molecule has 0 saturated heterocycles. The number of hydrogen-bond acceptors (Lipinski definition) is 4. The van der Waals surface area contributed by atoms with Crippen LogP contribution in [-0.2, 0) is 9.53 Å². The standard InChI is InChI=1S/C14H22N2O3/c1-10(2)19-12-6-4-5-11(9-12)13(14(15)17)16-7-8-18-3/h4-6,9-10,13,16H,7-8H2,1-3H3,(H2,15,17). The number of primary amides is 1. The van der Waals surface area contributed by atoms with Crippen molar-refractivity contribution in [2.75, 3.05) is 20.3 Å².